The molecule has 2 aliphatic carbocycles. The summed E-state index contributed by atoms with van der Waals surface area (Å²) in [5, 5.41) is 4.89. The molecule has 0 aliphatic heterocycles. The van der Waals surface area contributed by atoms with E-state index in [1.807, 2.05) is 6.07 Å². The van der Waals surface area contributed by atoms with Crippen LogP contribution in [0.2, 0.25) is 0 Å². The van der Waals surface area contributed by atoms with Crippen LogP contribution >= 0.6 is 11.3 Å². The maximum atomic E-state index is 14.1. The first-order valence-corrected chi connectivity index (χ1v) is 8.42. The summed E-state index contributed by atoms with van der Waals surface area (Å²) in [4.78, 5) is 6.06. The molecule has 0 saturated heterocycles. The molecule has 1 atom stereocenters. The number of aromatic nitrogens is 1. The summed E-state index contributed by atoms with van der Waals surface area (Å²) in [7, 11) is 0. The SMILES string of the molecule is Cc1nc(C2(NC3CC3)CCc3c(F)cccc32)sc1C. The molecular formula is C17H19FN2S. The smallest absolute Gasteiger partial charge is 0.126 e. The van der Waals surface area contributed by atoms with Gasteiger partial charge in [-0.3, -0.25) is 5.32 Å². The number of fused-ring (bicyclic) bond motifs is 1. The Morgan fingerprint density at radius 1 is 1.33 bits per heavy atom. The lowest BCUT2D eigenvalue weighted by atomic mass is 9.92. The number of thiazole rings is 1. The quantitative estimate of drug-likeness (QED) is 0.932. The fourth-order valence-corrected chi connectivity index (χ4v) is 4.44. The Bertz CT molecular complexity index is 685. The summed E-state index contributed by atoms with van der Waals surface area (Å²) < 4.78 is 14.1. The third-order valence-corrected chi connectivity index (χ3v) is 5.98. The molecule has 0 amide bonds. The number of halogens is 1. The summed E-state index contributed by atoms with van der Waals surface area (Å²) in [5.74, 6) is -0.0722. The van der Waals surface area contributed by atoms with Crippen molar-refractivity contribution >= 4 is 11.3 Å². The van der Waals surface area contributed by atoms with Crippen molar-refractivity contribution in [2.75, 3.05) is 0 Å². The minimum atomic E-state index is -0.276. The Kier molecular flexibility index (Phi) is 2.95. The van der Waals surface area contributed by atoms with Crippen LogP contribution in [0.25, 0.3) is 0 Å². The summed E-state index contributed by atoms with van der Waals surface area (Å²) in [6, 6.07) is 6.04. The van der Waals surface area contributed by atoms with Crippen LogP contribution in [0.3, 0.4) is 0 Å². The lowest BCUT2D eigenvalue weighted by Crippen LogP contribution is -2.43. The van der Waals surface area contributed by atoms with Gasteiger partial charge in [0.1, 0.15) is 10.8 Å². The van der Waals surface area contributed by atoms with Crippen molar-refractivity contribution in [2.24, 2.45) is 0 Å². The van der Waals surface area contributed by atoms with Gasteiger partial charge in [-0.1, -0.05) is 12.1 Å². The van der Waals surface area contributed by atoms with Crippen LogP contribution in [-0.4, -0.2) is 11.0 Å². The number of aryl methyl sites for hydroxylation is 2. The van der Waals surface area contributed by atoms with Crippen LogP contribution < -0.4 is 5.32 Å². The molecule has 1 saturated carbocycles. The summed E-state index contributed by atoms with van der Waals surface area (Å²) in [6.45, 7) is 4.17. The molecule has 1 aromatic heterocycles. The van der Waals surface area contributed by atoms with E-state index in [1.54, 1.807) is 17.4 Å². The van der Waals surface area contributed by atoms with Crippen LogP contribution in [0, 0.1) is 19.7 Å². The van der Waals surface area contributed by atoms with Crippen molar-refractivity contribution in [3.05, 3.63) is 50.7 Å². The van der Waals surface area contributed by atoms with Gasteiger partial charge < -0.3 is 0 Å². The van der Waals surface area contributed by atoms with Gasteiger partial charge in [-0.2, -0.15) is 0 Å². The Morgan fingerprint density at radius 2 is 2.14 bits per heavy atom. The standard InChI is InChI=1S/C17H19FN2S/c1-10-11(2)21-16(19-10)17(20-12-6-7-12)9-8-13-14(17)4-3-5-15(13)18/h3-5,12,20H,6-9H2,1-2H3. The van der Waals surface area contributed by atoms with Gasteiger partial charge in [-0.15, -0.1) is 11.3 Å². The molecular weight excluding hydrogens is 283 g/mol. The maximum Gasteiger partial charge on any atom is 0.126 e. The molecule has 110 valence electrons. The van der Waals surface area contributed by atoms with Gasteiger partial charge >= 0.3 is 0 Å². The zero-order chi connectivity index (χ0) is 14.6. The molecule has 2 nitrogen and oxygen atoms in total. The predicted octanol–water partition coefficient (Wildman–Crippen LogP) is 3.84. The van der Waals surface area contributed by atoms with E-state index in [9.17, 15) is 4.39 Å². The van der Waals surface area contributed by atoms with Gasteiger partial charge in [0, 0.05) is 10.9 Å². The first kappa shape index (κ1) is 13.4. The van der Waals surface area contributed by atoms with Crippen molar-refractivity contribution in [3.8, 4) is 0 Å². The molecule has 1 N–H and O–H groups in total. The topological polar surface area (TPSA) is 24.9 Å². The Hall–Kier alpha value is -1.26. The van der Waals surface area contributed by atoms with E-state index < -0.39 is 0 Å². The van der Waals surface area contributed by atoms with Crippen LogP contribution in [0.5, 0.6) is 0 Å². The summed E-state index contributed by atoms with van der Waals surface area (Å²) in [5.41, 5.74) is 2.79. The average Bonchev–Trinajstić information content (AvgIpc) is 3.09. The van der Waals surface area contributed by atoms with Crippen molar-refractivity contribution in [1.82, 2.24) is 10.3 Å². The summed E-state index contributed by atoms with van der Waals surface area (Å²) >= 11 is 1.75. The average molecular weight is 302 g/mol. The zero-order valence-corrected chi connectivity index (χ0v) is 13.2. The van der Waals surface area contributed by atoms with Crippen LogP contribution in [0.15, 0.2) is 18.2 Å². The highest BCUT2D eigenvalue weighted by Crippen LogP contribution is 2.46. The van der Waals surface area contributed by atoms with Gasteiger partial charge in [0.15, 0.2) is 0 Å². The Morgan fingerprint density at radius 3 is 2.81 bits per heavy atom. The van der Waals surface area contributed by atoms with E-state index in [0.29, 0.717) is 6.04 Å². The first-order valence-electron chi connectivity index (χ1n) is 7.60. The second-order valence-electron chi connectivity index (χ2n) is 6.25. The Balaban J connectivity index is 1.89. The highest BCUT2D eigenvalue weighted by molar-refractivity contribution is 7.11. The third-order valence-electron chi connectivity index (χ3n) is 4.75. The second kappa shape index (κ2) is 4.62. The molecule has 0 spiro atoms. The molecule has 1 heterocycles. The number of hydrogen-bond donors (Lipinski definition) is 1. The number of nitrogens with zero attached hydrogens (tertiary/aromatic N) is 1. The minimum absolute atomic E-state index is 0.0722. The van der Waals surface area contributed by atoms with Crippen LogP contribution in [0.1, 0.15) is 46.0 Å². The zero-order valence-electron chi connectivity index (χ0n) is 12.4. The van der Waals surface area contributed by atoms with E-state index in [1.165, 1.54) is 17.7 Å². The molecule has 4 rings (SSSR count). The van der Waals surface area contributed by atoms with Gasteiger partial charge in [-0.25, -0.2) is 9.37 Å². The van der Waals surface area contributed by atoms with Crippen LogP contribution in [-0.2, 0) is 12.0 Å². The van der Waals surface area contributed by atoms with Gasteiger partial charge in [-0.05, 0) is 56.7 Å². The van der Waals surface area contributed by atoms with Crippen molar-refractivity contribution < 1.29 is 4.39 Å². The third kappa shape index (κ3) is 2.04. The Labute approximate surface area is 128 Å². The van der Waals surface area contributed by atoms with Gasteiger partial charge in [0.05, 0.1) is 11.2 Å². The molecule has 0 radical (unpaired) electrons. The van der Waals surface area contributed by atoms with E-state index in [0.717, 1.165) is 34.7 Å². The monoisotopic (exact) mass is 302 g/mol. The normalized spacial score (nSPS) is 24.3. The molecule has 21 heavy (non-hydrogen) atoms. The van der Waals surface area contributed by atoms with E-state index in [4.69, 9.17) is 4.98 Å². The minimum Gasteiger partial charge on any atom is -0.299 e. The predicted molar refractivity (Wildman–Crippen MR) is 83.2 cm³/mol. The highest BCUT2D eigenvalue weighted by atomic mass is 32.1. The molecule has 0 bridgehead atoms. The lowest BCUT2D eigenvalue weighted by molar-refractivity contribution is 0.392. The second-order valence-corrected chi connectivity index (χ2v) is 7.45. The maximum absolute atomic E-state index is 14.1. The van der Waals surface area contributed by atoms with Crippen molar-refractivity contribution in [2.45, 2.75) is 51.1 Å². The van der Waals surface area contributed by atoms with Crippen LogP contribution in [0.4, 0.5) is 4.39 Å². The lowest BCUT2D eigenvalue weighted by Gasteiger charge is -2.30. The first-order chi connectivity index (χ1) is 10.1. The number of nitrogens with one attached hydrogen (secondary N) is 1. The number of hydrogen-bond acceptors (Lipinski definition) is 3. The molecule has 1 unspecified atom stereocenters. The molecule has 4 heteroatoms. The molecule has 1 aromatic carbocycles. The number of benzene rings is 1. The van der Waals surface area contributed by atoms with Crippen molar-refractivity contribution in [3.63, 3.8) is 0 Å². The largest absolute Gasteiger partial charge is 0.299 e. The molecule has 2 aliphatic rings. The van der Waals surface area contributed by atoms with E-state index >= 15 is 0 Å². The summed E-state index contributed by atoms with van der Waals surface area (Å²) in [6.07, 6.45) is 4.14. The molecule has 1 fully saturated rings. The van der Waals surface area contributed by atoms with Gasteiger partial charge in [0.25, 0.3) is 0 Å². The molecule has 2 aromatic rings. The fourth-order valence-electron chi connectivity index (χ4n) is 3.32. The fraction of sp³-hybridized carbons (Fsp3) is 0.471. The van der Waals surface area contributed by atoms with Crippen molar-refractivity contribution in [1.29, 1.82) is 0 Å². The highest BCUT2D eigenvalue weighted by Gasteiger charge is 2.46. The van der Waals surface area contributed by atoms with E-state index in [2.05, 4.69) is 25.2 Å². The number of rotatable bonds is 3. The van der Waals surface area contributed by atoms with E-state index in [-0.39, 0.29) is 11.4 Å². The van der Waals surface area contributed by atoms with Gasteiger partial charge in [0.2, 0.25) is 0 Å².